The lowest BCUT2D eigenvalue weighted by Crippen LogP contribution is -2.26. The van der Waals surface area contributed by atoms with Crippen LogP contribution >= 0.6 is 15.9 Å². The van der Waals surface area contributed by atoms with Gasteiger partial charge in [0.1, 0.15) is 5.82 Å². The second-order valence-corrected chi connectivity index (χ2v) is 6.73. The molecule has 0 spiro atoms. The monoisotopic (exact) mass is 410 g/mol. The molecule has 0 aliphatic heterocycles. The van der Waals surface area contributed by atoms with Gasteiger partial charge in [0, 0.05) is 16.5 Å². The summed E-state index contributed by atoms with van der Waals surface area (Å²) in [7, 11) is 0. The van der Waals surface area contributed by atoms with E-state index < -0.39 is 0 Å². The molecule has 0 radical (unpaired) electrons. The Bertz CT molecular complexity index is 1150. The molecule has 26 heavy (non-hydrogen) atoms. The number of nitrogens with zero attached hydrogens (tertiary/aromatic N) is 4. The minimum absolute atomic E-state index is 0.0961. The van der Waals surface area contributed by atoms with Gasteiger partial charge in [-0.05, 0) is 30.3 Å². The molecule has 2 aromatic carbocycles. The Morgan fingerprint density at radius 1 is 1.12 bits per heavy atom. The van der Waals surface area contributed by atoms with Gasteiger partial charge in [0.2, 0.25) is 0 Å². The number of hydrogen-bond donors (Lipinski definition) is 0. The molecule has 0 unspecified atom stereocenters. The molecule has 0 bridgehead atoms. The number of hydrogen-bond acceptors (Lipinski definition) is 5. The molecule has 2 heterocycles. The van der Waals surface area contributed by atoms with Crippen LogP contribution < -0.4 is 5.56 Å². The molecule has 0 aliphatic rings. The van der Waals surface area contributed by atoms with E-state index in [9.17, 15) is 4.79 Å². The second kappa shape index (κ2) is 6.84. The van der Waals surface area contributed by atoms with Gasteiger partial charge in [-0.2, -0.15) is 4.98 Å². The van der Waals surface area contributed by atoms with E-state index in [-0.39, 0.29) is 12.1 Å². The molecule has 0 aliphatic carbocycles. The van der Waals surface area contributed by atoms with Crippen molar-refractivity contribution in [1.82, 2.24) is 19.7 Å². The lowest BCUT2D eigenvalue weighted by Gasteiger charge is -2.10. The quantitative estimate of drug-likeness (QED) is 0.511. The molecule has 0 N–H and O–H groups in total. The molecular formula is C19H15BrN4O2. The minimum atomic E-state index is -0.0961. The molecule has 0 amide bonds. The van der Waals surface area contributed by atoms with Crippen molar-refractivity contribution in [2.24, 2.45) is 0 Å². The number of para-hydroxylation sites is 1. The Labute approximate surface area is 157 Å². The van der Waals surface area contributed by atoms with Crippen LogP contribution in [-0.4, -0.2) is 19.7 Å². The Morgan fingerprint density at radius 3 is 2.77 bits per heavy atom. The number of aryl methyl sites for hydroxylation is 1. The molecule has 7 heteroatoms. The molecule has 0 atom stereocenters. The number of rotatable bonds is 4. The standard InChI is InChI=1S/C19H15BrN4O2/c1-2-17-21-15-9-4-3-8-14(15)19(25)24(17)11-16-22-18(26-23-16)12-6-5-7-13(20)10-12/h3-10H,2,11H2,1H3. The van der Waals surface area contributed by atoms with Crippen LogP contribution in [0.2, 0.25) is 0 Å². The summed E-state index contributed by atoms with van der Waals surface area (Å²) in [5.41, 5.74) is 1.42. The van der Waals surface area contributed by atoms with Crippen molar-refractivity contribution in [2.45, 2.75) is 19.9 Å². The van der Waals surface area contributed by atoms with Crippen molar-refractivity contribution in [2.75, 3.05) is 0 Å². The second-order valence-electron chi connectivity index (χ2n) is 5.82. The van der Waals surface area contributed by atoms with Crippen LogP contribution in [0.5, 0.6) is 0 Å². The third-order valence-electron chi connectivity index (χ3n) is 4.10. The highest BCUT2D eigenvalue weighted by Gasteiger charge is 2.14. The van der Waals surface area contributed by atoms with E-state index >= 15 is 0 Å². The first kappa shape index (κ1) is 16.7. The van der Waals surface area contributed by atoms with E-state index in [0.717, 1.165) is 10.0 Å². The molecule has 0 saturated heterocycles. The van der Waals surface area contributed by atoms with Gasteiger partial charge in [-0.1, -0.05) is 46.2 Å². The zero-order valence-electron chi connectivity index (χ0n) is 14.0. The molecular weight excluding hydrogens is 396 g/mol. The van der Waals surface area contributed by atoms with Crippen LogP contribution in [0.25, 0.3) is 22.4 Å². The average molecular weight is 411 g/mol. The Morgan fingerprint density at radius 2 is 1.96 bits per heavy atom. The van der Waals surface area contributed by atoms with Gasteiger partial charge in [0.25, 0.3) is 11.4 Å². The predicted molar refractivity (Wildman–Crippen MR) is 102 cm³/mol. The minimum Gasteiger partial charge on any atom is -0.334 e. The first-order valence-electron chi connectivity index (χ1n) is 8.22. The molecule has 0 fully saturated rings. The predicted octanol–water partition coefficient (Wildman–Crippen LogP) is 3.82. The van der Waals surface area contributed by atoms with Gasteiger partial charge in [-0.15, -0.1) is 0 Å². The SMILES string of the molecule is CCc1nc2ccccc2c(=O)n1Cc1noc(-c2cccc(Br)c2)n1. The van der Waals surface area contributed by atoms with Gasteiger partial charge in [0.15, 0.2) is 5.82 Å². The van der Waals surface area contributed by atoms with Gasteiger partial charge in [-0.25, -0.2) is 4.98 Å². The van der Waals surface area contributed by atoms with E-state index in [1.54, 1.807) is 10.6 Å². The highest BCUT2D eigenvalue weighted by atomic mass is 79.9. The van der Waals surface area contributed by atoms with Crippen molar-refractivity contribution < 1.29 is 4.52 Å². The van der Waals surface area contributed by atoms with Gasteiger partial charge >= 0.3 is 0 Å². The van der Waals surface area contributed by atoms with Crippen LogP contribution in [0.3, 0.4) is 0 Å². The highest BCUT2D eigenvalue weighted by Crippen LogP contribution is 2.21. The molecule has 0 saturated carbocycles. The number of benzene rings is 2. The fourth-order valence-corrected chi connectivity index (χ4v) is 3.24. The summed E-state index contributed by atoms with van der Waals surface area (Å²) in [4.78, 5) is 21.9. The van der Waals surface area contributed by atoms with E-state index in [4.69, 9.17) is 4.52 Å². The summed E-state index contributed by atoms with van der Waals surface area (Å²) in [6, 6.07) is 15.0. The van der Waals surface area contributed by atoms with Crippen molar-refractivity contribution in [3.8, 4) is 11.5 Å². The van der Waals surface area contributed by atoms with Crippen LogP contribution in [0.1, 0.15) is 18.6 Å². The van der Waals surface area contributed by atoms with E-state index in [2.05, 4.69) is 31.1 Å². The summed E-state index contributed by atoms with van der Waals surface area (Å²) in [6.45, 7) is 2.19. The van der Waals surface area contributed by atoms with Crippen LogP contribution in [-0.2, 0) is 13.0 Å². The van der Waals surface area contributed by atoms with Crippen molar-refractivity contribution >= 4 is 26.8 Å². The van der Waals surface area contributed by atoms with Gasteiger partial charge in [0.05, 0.1) is 17.4 Å². The summed E-state index contributed by atoms with van der Waals surface area (Å²) in [5, 5.41) is 4.61. The third-order valence-corrected chi connectivity index (χ3v) is 4.59. The van der Waals surface area contributed by atoms with E-state index in [1.165, 1.54) is 0 Å². The Balaban J connectivity index is 1.74. The van der Waals surface area contributed by atoms with Crippen LogP contribution in [0.15, 0.2) is 62.3 Å². The number of fused-ring (bicyclic) bond motifs is 1. The summed E-state index contributed by atoms with van der Waals surface area (Å²) < 4.78 is 7.90. The molecule has 6 nitrogen and oxygen atoms in total. The van der Waals surface area contributed by atoms with Gasteiger partial charge < -0.3 is 4.52 Å². The van der Waals surface area contributed by atoms with Crippen LogP contribution in [0.4, 0.5) is 0 Å². The first-order valence-corrected chi connectivity index (χ1v) is 9.02. The highest BCUT2D eigenvalue weighted by molar-refractivity contribution is 9.10. The van der Waals surface area contributed by atoms with Crippen LogP contribution in [0, 0.1) is 0 Å². The molecule has 4 rings (SSSR count). The largest absolute Gasteiger partial charge is 0.334 e. The van der Waals surface area contributed by atoms with E-state index in [0.29, 0.717) is 34.9 Å². The van der Waals surface area contributed by atoms with Crippen molar-refractivity contribution in [3.05, 3.63) is 75.0 Å². The molecule has 130 valence electrons. The van der Waals surface area contributed by atoms with Crippen molar-refractivity contribution in [1.29, 1.82) is 0 Å². The maximum absolute atomic E-state index is 12.9. The maximum atomic E-state index is 12.9. The zero-order valence-corrected chi connectivity index (χ0v) is 15.6. The third kappa shape index (κ3) is 3.06. The normalized spacial score (nSPS) is 11.2. The average Bonchev–Trinajstić information content (AvgIpc) is 3.12. The fraction of sp³-hybridized carbons (Fsp3) is 0.158. The Hall–Kier alpha value is -2.80. The molecule has 2 aromatic heterocycles. The maximum Gasteiger partial charge on any atom is 0.261 e. The van der Waals surface area contributed by atoms with Crippen molar-refractivity contribution in [3.63, 3.8) is 0 Å². The summed E-state index contributed by atoms with van der Waals surface area (Å²) in [6.07, 6.45) is 0.635. The Kier molecular flexibility index (Phi) is 4.38. The number of halogens is 1. The topological polar surface area (TPSA) is 73.8 Å². The summed E-state index contributed by atoms with van der Waals surface area (Å²) in [5.74, 6) is 1.55. The number of aromatic nitrogens is 4. The molecule has 4 aromatic rings. The summed E-state index contributed by atoms with van der Waals surface area (Å²) >= 11 is 3.43. The first-order chi connectivity index (χ1) is 12.7. The lowest BCUT2D eigenvalue weighted by atomic mass is 10.2. The smallest absolute Gasteiger partial charge is 0.261 e. The fourth-order valence-electron chi connectivity index (χ4n) is 2.85. The zero-order chi connectivity index (χ0) is 18.1. The van der Waals surface area contributed by atoms with E-state index in [1.807, 2.05) is 49.4 Å². The van der Waals surface area contributed by atoms with Gasteiger partial charge in [-0.3, -0.25) is 9.36 Å². The lowest BCUT2D eigenvalue weighted by molar-refractivity contribution is 0.419.